The van der Waals surface area contributed by atoms with Crippen molar-refractivity contribution >= 4 is 36.1 Å². The van der Waals surface area contributed by atoms with E-state index >= 15 is 0 Å². The molecule has 3 aromatic heterocycles. The lowest BCUT2D eigenvalue weighted by atomic mass is 10.1. The monoisotopic (exact) mass is 427 g/mol. The molecule has 0 amide bonds. The highest BCUT2D eigenvalue weighted by atomic mass is 28.3. The minimum atomic E-state index is -1.22. The number of rotatable bonds is 7. The molecule has 4 rings (SSSR count). The van der Waals surface area contributed by atoms with Gasteiger partial charge in [0.25, 0.3) is 0 Å². The van der Waals surface area contributed by atoms with Crippen LogP contribution in [0.25, 0.3) is 33.5 Å². The molecule has 10 heteroatoms. The van der Waals surface area contributed by atoms with Gasteiger partial charge in [0.2, 0.25) is 0 Å². The lowest BCUT2D eigenvalue weighted by molar-refractivity contribution is 0.0696. The smallest absolute Gasteiger partial charge is 0.339 e. The Labute approximate surface area is 172 Å². The highest BCUT2D eigenvalue weighted by Gasteiger charge is 2.20. The first-order valence-corrected chi connectivity index (χ1v) is 13.2. The zero-order valence-corrected chi connectivity index (χ0v) is 17.9. The highest BCUT2D eigenvalue weighted by molar-refractivity contribution is 6.76. The summed E-state index contributed by atoms with van der Waals surface area (Å²) in [6.07, 6.45) is 3.02. The average molecular weight is 428 g/mol. The first-order chi connectivity index (χ1) is 14.2. The standard InChI is InChI=1S/C20H22FN5O3Si/c1-30(2,3)7-6-29-11-26-10-14(20(27)28)18-19(26)22-9-16(23-18)17-13-5-4-12(21)8-15(13)24-25-17/h4-5,8-10H,6-7,11H2,1-3H3,(H,24,25)(H,27,28). The fourth-order valence-electron chi connectivity index (χ4n) is 3.15. The number of carbonyl (C=O) groups is 1. The number of carboxylic acid groups (broad SMARTS) is 1. The molecular weight excluding hydrogens is 405 g/mol. The molecule has 0 aliphatic heterocycles. The number of halogens is 1. The fraction of sp³-hybridized carbons (Fsp3) is 0.300. The summed E-state index contributed by atoms with van der Waals surface area (Å²) < 4.78 is 20.8. The van der Waals surface area contributed by atoms with Crippen LogP contribution in [-0.2, 0) is 11.5 Å². The van der Waals surface area contributed by atoms with Gasteiger partial charge in [-0.25, -0.2) is 19.2 Å². The van der Waals surface area contributed by atoms with E-state index in [0.29, 0.717) is 34.5 Å². The van der Waals surface area contributed by atoms with Gasteiger partial charge in [-0.15, -0.1) is 0 Å². The van der Waals surface area contributed by atoms with Crippen LogP contribution in [0.2, 0.25) is 25.7 Å². The third kappa shape index (κ3) is 3.96. The Hall–Kier alpha value is -3.11. The van der Waals surface area contributed by atoms with Gasteiger partial charge in [-0.2, -0.15) is 5.10 Å². The molecule has 0 saturated heterocycles. The van der Waals surface area contributed by atoms with E-state index in [2.05, 4.69) is 39.8 Å². The number of benzene rings is 1. The second-order valence-electron chi connectivity index (χ2n) is 8.36. The van der Waals surface area contributed by atoms with Gasteiger partial charge in [0.1, 0.15) is 35.0 Å². The van der Waals surface area contributed by atoms with Crippen molar-refractivity contribution in [3.63, 3.8) is 0 Å². The largest absolute Gasteiger partial charge is 0.478 e. The number of hydrogen-bond acceptors (Lipinski definition) is 5. The highest BCUT2D eigenvalue weighted by Crippen LogP contribution is 2.27. The van der Waals surface area contributed by atoms with Crippen LogP contribution in [0.15, 0.2) is 30.6 Å². The summed E-state index contributed by atoms with van der Waals surface area (Å²) in [6.45, 7) is 7.62. The van der Waals surface area contributed by atoms with Crippen molar-refractivity contribution in [1.29, 1.82) is 0 Å². The normalized spacial score (nSPS) is 12.1. The number of carboxylic acids is 1. The van der Waals surface area contributed by atoms with E-state index in [0.717, 1.165) is 6.04 Å². The third-order valence-corrected chi connectivity index (χ3v) is 6.49. The molecule has 30 heavy (non-hydrogen) atoms. The number of ether oxygens (including phenoxy) is 1. The van der Waals surface area contributed by atoms with Gasteiger partial charge in [0, 0.05) is 26.3 Å². The molecule has 0 aliphatic carbocycles. The number of aromatic amines is 1. The van der Waals surface area contributed by atoms with Crippen molar-refractivity contribution in [3.05, 3.63) is 42.0 Å². The van der Waals surface area contributed by atoms with Gasteiger partial charge >= 0.3 is 5.97 Å². The number of H-pyrrole nitrogens is 1. The van der Waals surface area contributed by atoms with E-state index in [4.69, 9.17) is 4.74 Å². The topological polar surface area (TPSA) is 106 Å². The van der Waals surface area contributed by atoms with Crippen LogP contribution in [0.1, 0.15) is 10.4 Å². The molecule has 3 heterocycles. The predicted molar refractivity (Wildman–Crippen MR) is 114 cm³/mol. The zero-order chi connectivity index (χ0) is 21.5. The molecule has 0 unspecified atom stereocenters. The molecule has 2 N–H and O–H groups in total. The maximum absolute atomic E-state index is 13.4. The Morgan fingerprint density at radius 1 is 1.33 bits per heavy atom. The van der Waals surface area contributed by atoms with Crippen molar-refractivity contribution in [2.24, 2.45) is 0 Å². The van der Waals surface area contributed by atoms with Crippen molar-refractivity contribution in [1.82, 2.24) is 24.7 Å². The summed E-state index contributed by atoms with van der Waals surface area (Å²) in [5.41, 5.74) is 2.13. The summed E-state index contributed by atoms with van der Waals surface area (Å²) in [7, 11) is -1.22. The minimum Gasteiger partial charge on any atom is -0.478 e. The molecule has 0 fully saturated rings. The molecule has 0 atom stereocenters. The lowest BCUT2D eigenvalue weighted by Gasteiger charge is -2.15. The molecule has 8 nitrogen and oxygen atoms in total. The molecule has 156 valence electrons. The molecule has 0 aliphatic rings. The van der Waals surface area contributed by atoms with Gasteiger partial charge in [0.15, 0.2) is 5.65 Å². The number of nitrogens with one attached hydrogen (secondary N) is 1. The molecule has 0 bridgehead atoms. The van der Waals surface area contributed by atoms with Gasteiger partial charge in [-0.3, -0.25) is 5.10 Å². The third-order valence-electron chi connectivity index (χ3n) is 4.79. The molecule has 0 spiro atoms. The van der Waals surface area contributed by atoms with Crippen LogP contribution in [0, 0.1) is 5.82 Å². The van der Waals surface area contributed by atoms with Crippen LogP contribution in [0.3, 0.4) is 0 Å². The summed E-state index contributed by atoms with van der Waals surface area (Å²) in [5.74, 6) is -1.47. The van der Waals surface area contributed by atoms with E-state index in [-0.39, 0.29) is 23.6 Å². The van der Waals surface area contributed by atoms with E-state index in [1.807, 2.05) is 0 Å². The van der Waals surface area contributed by atoms with Crippen LogP contribution in [0.5, 0.6) is 0 Å². The predicted octanol–water partition coefficient (Wildman–Crippen LogP) is 4.12. The maximum Gasteiger partial charge on any atom is 0.339 e. The number of hydrogen-bond donors (Lipinski definition) is 2. The van der Waals surface area contributed by atoms with Crippen LogP contribution < -0.4 is 0 Å². The van der Waals surface area contributed by atoms with Gasteiger partial charge in [-0.05, 0) is 24.2 Å². The number of fused-ring (bicyclic) bond motifs is 2. The molecular formula is C20H22FN5O3Si. The summed E-state index contributed by atoms with van der Waals surface area (Å²) >= 11 is 0. The quantitative estimate of drug-likeness (QED) is 0.339. The first kappa shape index (κ1) is 20.2. The van der Waals surface area contributed by atoms with E-state index in [1.54, 1.807) is 10.6 Å². The Morgan fingerprint density at radius 3 is 2.87 bits per heavy atom. The summed E-state index contributed by atoms with van der Waals surface area (Å²) in [4.78, 5) is 20.7. The number of aromatic nitrogens is 5. The lowest BCUT2D eigenvalue weighted by Crippen LogP contribution is -2.22. The van der Waals surface area contributed by atoms with Crippen LogP contribution >= 0.6 is 0 Å². The Morgan fingerprint density at radius 2 is 2.13 bits per heavy atom. The van der Waals surface area contributed by atoms with Crippen molar-refractivity contribution in [2.45, 2.75) is 32.4 Å². The SMILES string of the molecule is C[Si](C)(C)CCOCn1cc(C(=O)O)c2nc(-c3n[nH]c4cc(F)ccc34)cnc21. The van der Waals surface area contributed by atoms with Crippen molar-refractivity contribution in [2.75, 3.05) is 6.61 Å². The zero-order valence-electron chi connectivity index (χ0n) is 16.9. The first-order valence-electron chi connectivity index (χ1n) is 9.54. The second-order valence-corrected chi connectivity index (χ2v) is 14.0. The van der Waals surface area contributed by atoms with E-state index in [1.165, 1.54) is 24.5 Å². The van der Waals surface area contributed by atoms with Gasteiger partial charge in [-0.1, -0.05) is 19.6 Å². The second kappa shape index (κ2) is 7.61. The number of nitrogens with zero attached hydrogens (tertiary/aromatic N) is 4. The van der Waals surface area contributed by atoms with Crippen LogP contribution in [-0.4, -0.2) is 50.5 Å². The summed E-state index contributed by atoms with van der Waals surface area (Å²) in [6, 6.07) is 5.30. The van der Waals surface area contributed by atoms with Gasteiger partial charge < -0.3 is 14.4 Å². The average Bonchev–Trinajstić information content (AvgIpc) is 3.25. The van der Waals surface area contributed by atoms with Gasteiger partial charge in [0.05, 0.1) is 11.7 Å². The van der Waals surface area contributed by atoms with E-state index < -0.39 is 14.0 Å². The molecule has 1 aromatic carbocycles. The minimum absolute atomic E-state index is 0.0408. The molecule has 4 aromatic rings. The fourth-order valence-corrected chi connectivity index (χ4v) is 3.91. The van der Waals surface area contributed by atoms with Crippen LogP contribution in [0.4, 0.5) is 4.39 Å². The van der Waals surface area contributed by atoms with Crippen molar-refractivity contribution in [3.8, 4) is 11.4 Å². The molecule has 0 saturated carbocycles. The van der Waals surface area contributed by atoms with E-state index in [9.17, 15) is 14.3 Å². The molecule has 0 radical (unpaired) electrons. The summed E-state index contributed by atoms with van der Waals surface area (Å²) in [5, 5.41) is 17.3. The maximum atomic E-state index is 13.4. The Balaban J connectivity index is 1.69. The van der Waals surface area contributed by atoms with Crippen molar-refractivity contribution < 1.29 is 19.0 Å². The number of aromatic carboxylic acids is 1. The Kier molecular flexibility index (Phi) is 5.12. The Bertz CT molecular complexity index is 1240.